The molecule has 1 unspecified atom stereocenters. The number of rotatable bonds is 6. The van der Waals surface area contributed by atoms with Gasteiger partial charge in [0.05, 0.1) is 13.2 Å². The van der Waals surface area contributed by atoms with Crippen molar-refractivity contribution in [3.8, 4) is 0 Å². The van der Waals surface area contributed by atoms with Crippen LogP contribution >= 0.6 is 0 Å². The predicted octanol–water partition coefficient (Wildman–Crippen LogP) is -1.12. The summed E-state index contributed by atoms with van der Waals surface area (Å²) in [5.41, 5.74) is 5.51. The minimum absolute atomic E-state index is 0.0390. The Hall–Kier alpha value is -0.160. The molecule has 0 aromatic carbocycles. The lowest BCUT2D eigenvalue weighted by Crippen LogP contribution is -2.39. The van der Waals surface area contributed by atoms with E-state index in [4.69, 9.17) is 15.6 Å². The Kier molecular flexibility index (Phi) is 6.45. The minimum atomic E-state index is -0.142. The van der Waals surface area contributed by atoms with Crippen LogP contribution in [-0.2, 0) is 4.74 Å². The van der Waals surface area contributed by atoms with Gasteiger partial charge < -0.3 is 20.5 Å². The van der Waals surface area contributed by atoms with Gasteiger partial charge in [-0.2, -0.15) is 0 Å². The summed E-state index contributed by atoms with van der Waals surface area (Å²) in [6, 6.07) is -0.142. The summed E-state index contributed by atoms with van der Waals surface area (Å²) in [5, 5.41) is 8.63. The van der Waals surface area contributed by atoms with Crippen molar-refractivity contribution >= 4 is 0 Å². The Morgan fingerprint density at radius 1 is 1.64 bits per heavy atom. The van der Waals surface area contributed by atoms with Crippen molar-refractivity contribution < 1.29 is 9.84 Å². The second kappa shape index (κ2) is 6.54. The van der Waals surface area contributed by atoms with Crippen molar-refractivity contribution in [2.75, 3.05) is 40.5 Å². The molecular formula is C7H18N2O2. The highest BCUT2D eigenvalue weighted by atomic mass is 16.5. The first kappa shape index (κ1) is 10.8. The van der Waals surface area contributed by atoms with E-state index in [0.717, 1.165) is 6.54 Å². The largest absolute Gasteiger partial charge is 0.395 e. The van der Waals surface area contributed by atoms with E-state index in [1.54, 1.807) is 7.11 Å². The molecule has 3 N–H and O–H groups in total. The quantitative estimate of drug-likeness (QED) is 0.519. The second-order valence-corrected chi connectivity index (χ2v) is 2.70. The zero-order valence-electron chi connectivity index (χ0n) is 7.29. The van der Waals surface area contributed by atoms with Crippen molar-refractivity contribution in [3.05, 3.63) is 0 Å². The van der Waals surface area contributed by atoms with Crippen molar-refractivity contribution in [2.45, 2.75) is 6.04 Å². The number of aliphatic hydroxyl groups is 1. The van der Waals surface area contributed by atoms with Crippen LogP contribution < -0.4 is 5.73 Å². The minimum Gasteiger partial charge on any atom is -0.395 e. The number of hydrogen-bond acceptors (Lipinski definition) is 4. The Morgan fingerprint density at radius 3 is 2.73 bits per heavy atom. The van der Waals surface area contributed by atoms with E-state index in [0.29, 0.717) is 13.2 Å². The van der Waals surface area contributed by atoms with E-state index >= 15 is 0 Å². The molecule has 0 saturated heterocycles. The van der Waals surface area contributed by atoms with Crippen LogP contribution in [0.4, 0.5) is 0 Å². The molecule has 0 aromatic heterocycles. The predicted molar refractivity (Wildman–Crippen MR) is 44.4 cm³/mol. The topological polar surface area (TPSA) is 58.7 Å². The molecule has 0 rings (SSSR count). The highest BCUT2D eigenvalue weighted by Gasteiger charge is 2.03. The smallest absolute Gasteiger partial charge is 0.0595 e. The van der Waals surface area contributed by atoms with Gasteiger partial charge in [-0.05, 0) is 7.05 Å². The molecule has 0 aliphatic rings. The molecule has 0 aromatic rings. The molecule has 0 aliphatic heterocycles. The van der Waals surface area contributed by atoms with Gasteiger partial charge in [0.25, 0.3) is 0 Å². The summed E-state index contributed by atoms with van der Waals surface area (Å²) in [4.78, 5) is 2.03. The van der Waals surface area contributed by atoms with Gasteiger partial charge in [-0.1, -0.05) is 0 Å². The lowest BCUT2D eigenvalue weighted by atomic mass is 10.3. The highest BCUT2D eigenvalue weighted by Crippen LogP contribution is 1.85. The average molecular weight is 162 g/mol. The maximum atomic E-state index is 8.63. The van der Waals surface area contributed by atoms with E-state index in [1.807, 2.05) is 11.9 Å². The van der Waals surface area contributed by atoms with E-state index < -0.39 is 0 Å². The molecule has 0 aliphatic carbocycles. The van der Waals surface area contributed by atoms with Crippen LogP contribution in [0.25, 0.3) is 0 Å². The number of ether oxygens (including phenoxy) is 1. The van der Waals surface area contributed by atoms with Crippen LogP contribution in [0.15, 0.2) is 0 Å². The molecule has 0 radical (unpaired) electrons. The number of hydrogen-bond donors (Lipinski definition) is 2. The second-order valence-electron chi connectivity index (χ2n) is 2.70. The maximum Gasteiger partial charge on any atom is 0.0595 e. The molecule has 0 amide bonds. The summed E-state index contributed by atoms with van der Waals surface area (Å²) in [6.45, 7) is 2.30. The Morgan fingerprint density at radius 2 is 2.27 bits per heavy atom. The molecule has 0 heterocycles. The first-order valence-corrected chi connectivity index (χ1v) is 3.74. The third kappa shape index (κ3) is 6.25. The zero-order valence-corrected chi connectivity index (χ0v) is 7.29. The highest BCUT2D eigenvalue weighted by molar-refractivity contribution is 4.63. The van der Waals surface area contributed by atoms with Gasteiger partial charge in [-0.15, -0.1) is 0 Å². The first-order valence-electron chi connectivity index (χ1n) is 3.74. The summed E-state index contributed by atoms with van der Waals surface area (Å²) < 4.78 is 4.88. The Bertz CT molecular complexity index is 90.5. The van der Waals surface area contributed by atoms with Crippen LogP contribution in [0.3, 0.4) is 0 Å². The fourth-order valence-electron chi connectivity index (χ4n) is 0.796. The van der Waals surface area contributed by atoms with Gasteiger partial charge in [0, 0.05) is 26.2 Å². The molecule has 4 heteroatoms. The standard InChI is InChI=1S/C7H18N2O2/c1-9(3-4-11-2)5-7(8)6-10/h7,10H,3-6,8H2,1-2H3. The number of nitrogens with two attached hydrogens (primary N) is 1. The van der Waals surface area contributed by atoms with Gasteiger partial charge in [0.1, 0.15) is 0 Å². The lowest BCUT2D eigenvalue weighted by Gasteiger charge is -2.18. The van der Waals surface area contributed by atoms with Gasteiger partial charge in [0.15, 0.2) is 0 Å². The number of aliphatic hydroxyl groups excluding tert-OH is 1. The Balaban J connectivity index is 3.27. The van der Waals surface area contributed by atoms with Crippen LogP contribution in [0.1, 0.15) is 0 Å². The van der Waals surface area contributed by atoms with Gasteiger partial charge in [-0.25, -0.2) is 0 Å². The number of likely N-dealkylation sites (N-methyl/N-ethyl adjacent to an activating group) is 1. The van der Waals surface area contributed by atoms with Crippen LogP contribution in [0.2, 0.25) is 0 Å². The summed E-state index contributed by atoms with van der Waals surface area (Å²) in [6.07, 6.45) is 0. The van der Waals surface area contributed by atoms with E-state index in [2.05, 4.69) is 0 Å². The average Bonchev–Trinajstić information content (AvgIpc) is 2.00. The van der Waals surface area contributed by atoms with Crippen LogP contribution in [-0.4, -0.2) is 56.5 Å². The van der Waals surface area contributed by atoms with E-state index in [1.165, 1.54) is 0 Å². The molecular weight excluding hydrogens is 144 g/mol. The van der Waals surface area contributed by atoms with Gasteiger partial charge >= 0.3 is 0 Å². The fraction of sp³-hybridized carbons (Fsp3) is 1.00. The lowest BCUT2D eigenvalue weighted by molar-refractivity contribution is 0.150. The molecule has 4 nitrogen and oxygen atoms in total. The van der Waals surface area contributed by atoms with Crippen LogP contribution in [0, 0.1) is 0 Å². The number of methoxy groups -OCH3 is 1. The molecule has 0 fully saturated rings. The Labute approximate surface area is 67.9 Å². The summed E-state index contributed by atoms with van der Waals surface area (Å²) >= 11 is 0. The molecule has 68 valence electrons. The third-order valence-corrected chi connectivity index (χ3v) is 1.46. The maximum absolute atomic E-state index is 8.63. The zero-order chi connectivity index (χ0) is 8.69. The number of nitrogens with zero attached hydrogens (tertiary/aromatic N) is 1. The summed E-state index contributed by atoms with van der Waals surface area (Å²) in [7, 11) is 3.62. The fourth-order valence-corrected chi connectivity index (χ4v) is 0.796. The normalized spacial score (nSPS) is 13.9. The SMILES string of the molecule is COCCN(C)CC(N)CO. The molecule has 0 saturated carbocycles. The molecule has 11 heavy (non-hydrogen) atoms. The van der Waals surface area contributed by atoms with Crippen LogP contribution in [0.5, 0.6) is 0 Å². The van der Waals surface area contributed by atoms with E-state index in [9.17, 15) is 0 Å². The van der Waals surface area contributed by atoms with Crippen molar-refractivity contribution in [1.29, 1.82) is 0 Å². The monoisotopic (exact) mass is 162 g/mol. The van der Waals surface area contributed by atoms with Crippen molar-refractivity contribution in [2.24, 2.45) is 5.73 Å². The van der Waals surface area contributed by atoms with Gasteiger partial charge in [0.2, 0.25) is 0 Å². The molecule has 0 spiro atoms. The van der Waals surface area contributed by atoms with E-state index in [-0.39, 0.29) is 12.6 Å². The first-order chi connectivity index (χ1) is 5.20. The third-order valence-electron chi connectivity index (χ3n) is 1.46. The van der Waals surface area contributed by atoms with Crippen molar-refractivity contribution in [3.63, 3.8) is 0 Å². The molecule has 1 atom stereocenters. The summed E-state index contributed by atoms with van der Waals surface area (Å²) in [5.74, 6) is 0. The van der Waals surface area contributed by atoms with Crippen molar-refractivity contribution in [1.82, 2.24) is 4.90 Å². The van der Waals surface area contributed by atoms with Gasteiger partial charge in [-0.3, -0.25) is 0 Å². The molecule has 0 bridgehead atoms.